The molecule has 1 fully saturated rings. The molecule has 40 heavy (non-hydrogen) atoms. The molecule has 2 aromatic heterocycles. The summed E-state index contributed by atoms with van der Waals surface area (Å²) < 4.78 is 18.2. The number of ether oxygens (including phenoxy) is 3. The highest BCUT2D eigenvalue weighted by molar-refractivity contribution is 5.77. The maximum absolute atomic E-state index is 13.1. The molecule has 5 rings (SSSR count). The van der Waals surface area contributed by atoms with Gasteiger partial charge in [-0.3, -0.25) is 9.36 Å². The molecule has 12 heteroatoms. The lowest BCUT2D eigenvalue weighted by molar-refractivity contribution is -0.121. The van der Waals surface area contributed by atoms with Crippen molar-refractivity contribution >= 4 is 17.8 Å². The van der Waals surface area contributed by atoms with Gasteiger partial charge < -0.3 is 29.3 Å². The molecule has 0 saturated carbocycles. The van der Waals surface area contributed by atoms with Gasteiger partial charge in [0.05, 0.1) is 6.04 Å². The van der Waals surface area contributed by atoms with Gasteiger partial charge >= 0.3 is 6.09 Å². The monoisotopic (exact) mass is 549 g/mol. The van der Waals surface area contributed by atoms with Gasteiger partial charge in [-0.2, -0.15) is 4.98 Å². The van der Waals surface area contributed by atoms with Crippen LogP contribution in [0.15, 0.2) is 43.0 Å². The van der Waals surface area contributed by atoms with Gasteiger partial charge in [0.15, 0.2) is 11.5 Å². The SMILES string of the molecule is Cc1cc(N2CCN(C(=O)OC(C)(C)C)CC2CC(=O)NCCc2ccc3c(c2)OCO3)nc(-n2ccnc2)n1. The van der Waals surface area contributed by atoms with Crippen LogP contribution in [0.4, 0.5) is 10.6 Å². The lowest BCUT2D eigenvalue weighted by Crippen LogP contribution is -2.57. The van der Waals surface area contributed by atoms with Crippen molar-refractivity contribution < 1.29 is 23.8 Å². The van der Waals surface area contributed by atoms with Crippen LogP contribution in [0.2, 0.25) is 0 Å². The molecule has 1 atom stereocenters. The van der Waals surface area contributed by atoms with Crippen LogP contribution in [-0.2, 0) is 16.0 Å². The molecule has 0 bridgehead atoms. The molecular formula is C28H35N7O5. The number of hydrogen-bond donors (Lipinski definition) is 1. The predicted octanol–water partition coefficient (Wildman–Crippen LogP) is 2.87. The maximum atomic E-state index is 13.1. The number of aryl methyl sites for hydroxylation is 1. The van der Waals surface area contributed by atoms with E-state index in [9.17, 15) is 9.59 Å². The smallest absolute Gasteiger partial charge is 0.410 e. The Morgan fingerprint density at radius 3 is 2.73 bits per heavy atom. The molecule has 1 aromatic carbocycles. The van der Waals surface area contributed by atoms with E-state index >= 15 is 0 Å². The first-order chi connectivity index (χ1) is 19.1. The molecule has 0 aliphatic carbocycles. The third-order valence-electron chi connectivity index (χ3n) is 6.59. The highest BCUT2D eigenvalue weighted by Crippen LogP contribution is 2.32. The van der Waals surface area contributed by atoms with Crippen LogP contribution >= 0.6 is 0 Å². The van der Waals surface area contributed by atoms with Crippen LogP contribution < -0.4 is 19.7 Å². The van der Waals surface area contributed by atoms with Crippen LogP contribution in [0.3, 0.4) is 0 Å². The summed E-state index contributed by atoms with van der Waals surface area (Å²) in [5.41, 5.74) is 1.22. The van der Waals surface area contributed by atoms with E-state index in [-0.39, 0.29) is 25.2 Å². The van der Waals surface area contributed by atoms with E-state index in [0.29, 0.717) is 44.4 Å². The Balaban J connectivity index is 1.29. The second-order valence-electron chi connectivity index (χ2n) is 10.9. The predicted molar refractivity (Wildman–Crippen MR) is 147 cm³/mol. The molecule has 0 radical (unpaired) electrons. The highest BCUT2D eigenvalue weighted by atomic mass is 16.7. The van der Waals surface area contributed by atoms with Crippen LogP contribution in [0.5, 0.6) is 11.5 Å². The Morgan fingerprint density at radius 1 is 1.12 bits per heavy atom. The molecular weight excluding hydrogens is 514 g/mol. The summed E-state index contributed by atoms with van der Waals surface area (Å²) in [6.07, 6.45) is 5.54. The number of carbonyl (C=O) groups excluding carboxylic acids is 2. The number of benzene rings is 1. The Bertz CT molecular complexity index is 1360. The second-order valence-corrected chi connectivity index (χ2v) is 10.9. The molecule has 1 unspecified atom stereocenters. The molecule has 212 valence electrons. The van der Waals surface area contributed by atoms with Crippen LogP contribution in [0.1, 0.15) is 38.4 Å². The van der Waals surface area contributed by atoms with Crippen molar-refractivity contribution in [1.82, 2.24) is 29.7 Å². The van der Waals surface area contributed by atoms with Crippen molar-refractivity contribution in [3.05, 3.63) is 54.2 Å². The minimum Gasteiger partial charge on any atom is -0.454 e. The van der Waals surface area contributed by atoms with Crippen molar-refractivity contribution in [1.29, 1.82) is 0 Å². The summed E-state index contributed by atoms with van der Waals surface area (Å²) >= 11 is 0. The lowest BCUT2D eigenvalue weighted by Gasteiger charge is -2.42. The molecule has 12 nitrogen and oxygen atoms in total. The van der Waals surface area contributed by atoms with Gasteiger partial charge in [-0.1, -0.05) is 6.07 Å². The van der Waals surface area contributed by atoms with E-state index in [2.05, 4.69) is 20.2 Å². The van der Waals surface area contributed by atoms with Crippen LogP contribution in [-0.4, -0.2) is 81.0 Å². The normalized spacial score (nSPS) is 16.6. The number of nitrogens with one attached hydrogen (secondary N) is 1. The van der Waals surface area contributed by atoms with Crippen molar-refractivity contribution in [2.45, 2.75) is 52.2 Å². The van der Waals surface area contributed by atoms with Gasteiger partial charge in [0.1, 0.15) is 17.7 Å². The molecule has 2 aliphatic heterocycles. The number of rotatable bonds is 7. The number of carbonyl (C=O) groups is 2. The van der Waals surface area contributed by atoms with Gasteiger partial charge in [0.25, 0.3) is 0 Å². The topological polar surface area (TPSA) is 124 Å². The fraction of sp³-hybridized carbons (Fsp3) is 0.464. The Labute approximate surface area is 233 Å². The maximum Gasteiger partial charge on any atom is 0.410 e. The standard InChI is InChI=1S/C28H35N7O5/c1-19-13-24(32-26(31-19)34-10-9-29-17-34)35-12-11-33(27(37)40-28(2,3)4)16-21(35)15-25(36)30-8-7-20-5-6-22-23(14-20)39-18-38-22/h5-6,9-10,13-14,17,21H,7-8,11-12,15-16,18H2,1-4H3,(H,30,36). The molecule has 1 N–H and O–H groups in total. The van der Waals surface area contributed by atoms with E-state index in [0.717, 1.165) is 22.8 Å². The molecule has 1 saturated heterocycles. The summed E-state index contributed by atoms with van der Waals surface area (Å²) in [6.45, 7) is 9.39. The molecule has 2 aliphatic rings. The number of nitrogens with zero attached hydrogens (tertiary/aromatic N) is 6. The molecule has 3 aromatic rings. The zero-order valence-corrected chi connectivity index (χ0v) is 23.3. The largest absolute Gasteiger partial charge is 0.454 e. The first-order valence-corrected chi connectivity index (χ1v) is 13.4. The van der Waals surface area contributed by atoms with E-state index in [1.807, 2.05) is 52.0 Å². The number of aromatic nitrogens is 4. The quantitative estimate of drug-likeness (QED) is 0.474. The van der Waals surface area contributed by atoms with Crippen molar-refractivity contribution in [3.8, 4) is 17.4 Å². The zero-order chi connectivity index (χ0) is 28.3. The molecule has 4 heterocycles. The van der Waals surface area contributed by atoms with Gasteiger partial charge in [-0.05, 0) is 51.8 Å². The van der Waals surface area contributed by atoms with E-state index in [1.54, 1.807) is 28.2 Å². The van der Waals surface area contributed by atoms with Crippen LogP contribution in [0.25, 0.3) is 5.95 Å². The average molecular weight is 550 g/mol. The van der Waals surface area contributed by atoms with E-state index in [1.165, 1.54) is 0 Å². The van der Waals surface area contributed by atoms with Gasteiger partial charge in [-0.15, -0.1) is 0 Å². The molecule has 0 spiro atoms. The Kier molecular flexibility index (Phi) is 7.76. The number of amides is 2. The van der Waals surface area contributed by atoms with E-state index < -0.39 is 11.7 Å². The van der Waals surface area contributed by atoms with Crippen molar-refractivity contribution in [3.63, 3.8) is 0 Å². The minimum atomic E-state index is -0.612. The third-order valence-corrected chi connectivity index (χ3v) is 6.59. The van der Waals surface area contributed by atoms with Gasteiger partial charge in [-0.25, -0.2) is 14.8 Å². The van der Waals surface area contributed by atoms with E-state index in [4.69, 9.17) is 19.2 Å². The first-order valence-electron chi connectivity index (χ1n) is 13.4. The average Bonchev–Trinajstić information content (AvgIpc) is 3.59. The van der Waals surface area contributed by atoms with Crippen molar-refractivity contribution in [2.24, 2.45) is 0 Å². The Hall–Kier alpha value is -4.35. The summed E-state index contributed by atoms with van der Waals surface area (Å²) in [5, 5.41) is 3.03. The minimum absolute atomic E-state index is 0.109. The number of hydrogen-bond acceptors (Lipinski definition) is 9. The first kappa shape index (κ1) is 27.2. The van der Waals surface area contributed by atoms with Gasteiger partial charge in [0.2, 0.25) is 18.6 Å². The summed E-state index contributed by atoms with van der Waals surface area (Å²) in [5.74, 6) is 2.53. The number of imidazole rings is 1. The second kappa shape index (κ2) is 11.4. The number of anilines is 1. The van der Waals surface area contributed by atoms with Crippen molar-refractivity contribution in [2.75, 3.05) is 37.9 Å². The Morgan fingerprint density at radius 2 is 1.95 bits per heavy atom. The number of fused-ring (bicyclic) bond motifs is 1. The summed E-state index contributed by atoms with van der Waals surface area (Å²) in [6, 6.07) is 7.37. The number of piperazine rings is 1. The zero-order valence-electron chi connectivity index (χ0n) is 23.3. The summed E-state index contributed by atoms with van der Waals surface area (Å²) in [7, 11) is 0. The molecule has 2 amide bonds. The van der Waals surface area contributed by atoms with Crippen LogP contribution in [0, 0.1) is 6.92 Å². The lowest BCUT2D eigenvalue weighted by atomic mass is 10.1. The van der Waals surface area contributed by atoms with Gasteiger partial charge in [0, 0.05) is 56.8 Å². The fourth-order valence-corrected chi connectivity index (χ4v) is 4.73. The highest BCUT2D eigenvalue weighted by Gasteiger charge is 2.34. The summed E-state index contributed by atoms with van der Waals surface area (Å²) in [4.78, 5) is 43.2. The fourth-order valence-electron chi connectivity index (χ4n) is 4.73. The third kappa shape index (κ3) is 6.61.